The molecule has 114 valence electrons. The molecule has 20 heavy (non-hydrogen) atoms. The Labute approximate surface area is 122 Å². The lowest BCUT2D eigenvalue weighted by Gasteiger charge is -2.34. The average molecular weight is 299 g/mol. The molecule has 1 aromatic rings. The molecular weight excluding hydrogens is 274 g/mol. The maximum absolute atomic E-state index is 12.4. The van der Waals surface area contributed by atoms with Gasteiger partial charge >= 0.3 is 0 Å². The van der Waals surface area contributed by atoms with E-state index in [0.717, 1.165) is 11.1 Å². The highest BCUT2D eigenvalue weighted by Crippen LogP contribution is 2.26. The van der Waals surface area contributed by atoms with Crippen molar-refractivity contribution >= 4 is 10.0 Å². The van der Waals surface area contributed by atoms with Crippen LogP contribution in [0.1, 0.15) is 38.8 Å². The van der Waals surface area contributed by atoms with Crippen LogP contribution in [-0.2, 0) is 22.4 Å². The summed E-state index contributed by atoms with van der Waals surface area (Å²) in [5.74, 6) is -0.0182. The molecule has 0 heterocycles. The van der Waals surface area contributed by atoms with Crippen molar-refractivity contribution in [2.45, 2.75) is 46.1 Å². The molecule has 0 bridgehead atoms. The number of hydrogen-bond acceptors (Lipinski definition) is 3. The monoisotopic (exact) mass is 299 g/mol. The van der Waals surface area contributed by atoms with Gasteiger partial charge in [-0.15, -0.1) is 0 Å². The molecule has 0 saturated heterocycles. The molecule has 5 heteroatoms. The third kappa shape index (κ3) is 4.30. The van der Waals surface area contributed by atoms with E-state index in [1.807, 2.05) is 27.7 Å². The van der Waals surface area contributed by atoms with Crippen LogP contribution in [0.3, 0.4) is 0 Å². The van der Waals surface area contributed by atoms with Gasteiger partial charge in [0.25, 0.3) is 0 Å². The predicted molar refractivity (Wildman–Crippen MR) is 81.7 cm³/mol. The largest absolute Gasteiger partial charge is 0.392 e. The summed E-state index contributed by atoms with van der Waals surface area (Å²) < 4.78 is 26.3. The second-order valence-corrected chi connectivity index (χ2v) is 8.32. The first-order chi connectivity index (χ1) is 9.08. The molecule has 0 aliphatic rings. The van der Waals surface area contributed by atoms with E-state index >= 15 is 0 Å². The average Bonchev–Trinajstić information content (AvgIpc) is 2.36. The van der Waals surface area contributed by atoms with Crippen molar-refractivity contribution in [3.05, 3.63) is 35.4 Å². The number of sulfonamides is 1. The molecule has 0 aromatic heterocycles. The molecule has 1 rings (SSSR count). The van der Waals surface area contributed by atoms with E-state index in [9.17, 15) is 8.42 Å². The van der Waals surface area contributed by atoms with Gasteiger partial charge in [-0.1, -0.05) is 45.0 Å². The summed E-state index contributed by atoms with van der Waals surface area (Å²) >= 11 is 0. The number of aliphatic hydroxyl groups is 1. The van der Waals surface area contributed by atoms with Gasteiger partial charge in [-0.25, -0.2) is 12.7 Å². The Bertz CT molecular complexity index is 529. The first-order valence-electron chi connectivity index (χ1n) is 6.72. The zero-order valence-electron chi connectivity index (χ0n) is 12.9. The fourth-order valence-electron chi connectivity index (χ4n) is 1.84. The van der Waals surface area contributed by atoms with Crippen LogP contribution in [0, 0.1) is 5.41 Å². The van der Waals surface area contributed by atoms with Crippen LogP contribution in [0.4, 0.5) is 0 Å². The molecule has 0 fully saturated rings. The van der Waals surface area contributed by atoms with Crippen molar-refractivity contribution in [2.75, 3.05) is 7.05 Å². The molecule has 1 N–H and O–H groups in total. The molecule has 0 radical (unpaired) electrons. The van der Waals surface area contributed by atoms with Gasteiger partial charge in [-0.05, 0) is 23.5 Å². The molecule has 0 saturated carbocycles. The van der Waals surface area contributed by atoms with Crippen molar-refractivity contribution in [1.29, 1.82) is 0 Å². The van der Waals surface area contributed by atoms with Crippen molar-refractivity contribution in [2.24, 2.45) is 5.41 Å². The third-order valence-corrected chi connectivity index (χ3v) is 5.68. The highest BCUT2D eigenvalue weighted by atomic mass is 32.2. The van der Waals surface area contributed by atoms with E-state index in [0.29, 0.717) is 0 Å². The maximum Gasteiger partial charge on any atom is 0.218 e. The lowest BCUT2D eigenvalue weighted by Crippen LogP contribution is -2.43. The quantitative estimate of drug-likeness (QED) is 0.908. The van der Waals surface area contributed by atoms with E-state index in [-0.39, 0.29) is 23.8 Å². The minimum Gasteiger partial charge on any atom is -0.392 e. The number of aliphatic hydroxyl groups excluding tert-OH is 1. The van der Waals surface area contributed by atoms with Crippen LogP contribution in [0.15, 0.2) is 24.3 Å². The Hall–Kier alpha value is -0.910. The highest BCUT2D eigenvalue weighted by molar-refractivity contribution is 7.88. The summed E-state index contributed by atoms with van der Waals surface area (Å²) in [6, 6.07) is 6.91. The van der Waals surface area contributed by atoms with Crippen LogP contribution < -0.4 is 0 Å². The smallest absolute Gasteiger partial charge is 0.218 e. The normalized spacial score (nSPS) is 14.6. The standard InChI is InChI=1S/C15H25NO3S/c1-12(15(2,3)4)16(5)20(18,19)11-14-8-6-13(10-17)7-9-14/h6-9,12,17H,10-11H2,1-5H3. The van der Waals surface area contributed by atoms with Crippen LogP contribution in [0.2, 0.25) is 0 Å². The minimum atomic E-state index is -3.34. The molecule has 4 nitrogen and oxygen atoms in total. The predicted octanol–water partition coefficient (Wildman–Crippen LogP) is 2.38. The Morgan fingerprint density at radius 3 is 2.00 bits per heavy atom. The van der Waals surface area contributed by atoms with Gasteiger partial charge in [-0.3, -0.25) is 0 Å². The molecule has 1 aromatic carbocycles. The molecule has 0 aliphatic heterocycles. The first kappa shape index (κ1) is 17.1. The Morgan fingerprint density at radius 1 is 1.15 bits per heavy atom. The van der Waals surface area contributed by atoms with E-state index in [4.69, 9.17) is 5.11 Å². The first-order valence-corrected chi connectivity index (χ1v) is 8.33. The highest BCUT2D eigenvalue weighted by Gasteiger charge is 2.31. The fraction of sp³-hybridized carbons (Fsp3) is 0.600. The summed E-state index contributed by atoms with van der Waals surface area (Å²) in [5.41, 5.74) is 1.40. The number of nitrogens with zero attached hydrogens (tertiary/aromatic N) is 1. The third-order valence-electron chi connectivity index (χ3n) is 3.79. The second kappa shape index (κ2) is 6.24. The van der Waals surface area contributed by atoms with E-state index in [1.165, 1.54) is 4.31 Å². The van der Waals surface area contributed by atoms with Crippen LogP contribution in [-0.4, -0.2) is 30.9 Å². The minimum absolute atomic E-state index is 0.0182. The molecule has 1 unspecified atom stereocenters. The van der Waals surface area contributed by atoms with Crippen LogP contribution in [0.5, 0.6) is 0 Å². The lowest BCUT2D eigenvalue weighted by atomic mass is 9.88. The topological polar surface area (TPSA) is 57.6 Å². The Morgan fingerprint density at radius 2 is 1.60 bits per heavy atom. The number of benzene rings is 1. The van der Waals surface area contributed by atoms with E-state index in [2.05, 4.69) is 0 Å². The fourth-order valence-corrected chi connectivity index (χ4v) is 3.46. The van der Waals surface area contributed by atoms with Crippen molar-refractivity contribution in [3.8, 4) is 0 Å². The summed E-state index contributed by atoms with van der Waals surface area (Å²) in [7, 11) is -1.71. The summed E-state index contributed by atoms with van der Waals surface area (Å²) in [5, 5.41) is 8.99. The Kier molecular flexibility index (Phi) is 5.35. The number of hydrogen-bond donors (Lipinski definition) is 1. The molecule has 1 atom stereocenters. The van der Waals surface area contributed by atoms with Gasteiger partial charge in [0.05, 0.1) is 12.4 Å². The summed E-state index contributed by atoms with van der Waals surface area (Å²) in [4.78, 5) is 0. The van der Waals surface area contributed by atoms with Crippen molar-refractivity contribution in [1.82, 2.24) is 4.31 Å². The van der Waals surface area contributed by atoms with Crippen LogP contribution in [0.25, 0.3) is 0 Å². The van der Waals surface area contributed by atoms with Gasteiger partial charge in [0, 0.05) is 13.1 Å². The second-order valence-electron chi connectivity index (χ2n) is 6.29. The maximum atomic E-state index is 12.4. The van der Waals surface area contributed by atoms with E-state index < -0.39 is 10.0 Å². The zero-order chi connectivity index (χ0) is 15.6. The Balaban J connectivity index is 2.88. The molecule has 0 spiro atoms. The SMILES string of the molecule is CC(N(C)S(=O)(=O)Cc1ccc(CO)cc1)C(C)(C)C. The van der Waals surface area contributed by atoms with Gasteiger partial charge in [-0.2, -0.15) is 0 Å². The van der Waals surface area contributed by atoms with Gasteiger partial charge < -0.3 is 5.11 Å². The van der Waals surface area contributed by atoms with Crippen molar-refractivity contribution < 1.29 is 13.5 Å². The molecular formula is C15H25NO3S. The van der Waals surface area contributed by atoms with Gasteiger partial charge in [0.2, 0.25) is 10.0 Å². The number of rotatable bonds is 5. The van der Waals surface area contributed by atoms with Crippen LogP contribution >= 0.6 is 0 Å². The summed E-state index contributed by atoms with van der Waals surface area (Å²) in [6.07, 6.45) is 0. The molecule has 0 amide bonds. The lowest BCUT2D eigenvalue weighted by molar-refractivity contribution is 0.216. The zero-order valence-corrected chi connectivity index (χ0v) is 13.7. The summed E-state index contributed by atoms with van der Waals surface area (Å²) in [6.45, 7) is 7.97. The van der Waals surface area contributed by atoms with Gasteiger partial charge in [0.15, 0.2) is 0 Å². The van der Waals surface area contributed by atoms with Crippen molar-refractivity contribution in [3.63, 3.8) is 0 Å². The van der Waals surface area contributed by atoms with E-state index in [1.54, 1.807) is 31.3 Å². The molecule has 0 aliphatic carbocycles. The van der Waals surface area contributed by atoms with Gasteiger partial charge in [0.1, 0.15) is 0 Å².